The minimum atomic E-state index is -0.154. The third-order valence-corrected chi connectivity index (χ3v) is 2.64. The lowest BCUT2D eigenvalue weighted by Crippen LogP contribution is -2.22. The molecule has 0 spiro atoms. The Labute approximate surface area is 103 Å². The Morgan fingerprint density at radius 1 is 1.29 bits per heavy atom. The quantitative estimate of drug-likeness (QED) is 0.708. The Bertz CT molecular complexity index is 335. The van der Waals surface area contributed by atoms with Gasteiger partial charge in [-0.25, -0.2) is 0 Å². The molecule has 0 aliphatic carbocycles. The summed E-state index contributed by atoms with van der Waals surface area (Å²) in [6.45, 7) is 3.15. The molecule has 0 N–H and O–H groups in total. The first kappa shape index (κ1) is 13.7. The Morgan fingerprint density at radius 2 is 1.94 bits per heavy atom. The molecule has 0 aromatic heterocycles. The maximum atomic E-state index is 11.9. The zero-order chi connectivity index (χ0) is 12.7. The fraction of sp³-hybridized carbons (Fsp3) is 0.500. The fourth-order valence-electron chi connectivity index (χ4n) is 1.74. The van der Waals surface area contributed by atoms with E-state index in [0.717, 1.165) is 18.5 Å². The maximum absolute atomic E-state index is 11.9. The van der Waals surface area contributed by atoms with Crippen LogP contribution in [0.1, 0.15) is 24.8 Å². The molecule has 1 rings (SSSR count). The van der Waals surface area contributed by atoms with Crippen LogP contribution in [0, 0.1) is 0 Å². The molecule has 0 aliphatic heterocycles. The van der Waals surface area contributed by atoms with Crippen molar-refractivity contribution in [2.75, 3.05) is 27.2 Å². The molecule has 0 saturated heterocycles. The van der Waals surface area contributed by atoms with Gasteiger partial charge in [0.1, 0.15) is 0 Å². The summed E-state index contributed by atoms with van der Waals surface area (Å²) in [6, 6.07) is 9.83. The highest BCUT2D eigenvalue weighted by Crippen LogP contribution is 2.21. The molecule has 0 fully saturated rings. The molecule has 0 bridgehead atoms. The van der Waals surface area contributed by atoms with Gasteiger partial charge >= 0.3 is 5.97 Å². The van der Waals surface area contributed by atoms with Gasteiger partial charge in [-0.05, 0) is 39.5 Å². The van der Waals surface area contributed by atoms with E-state index in [2.05, 4.69) is 4.90 Å². The van der Waals surface area contributed by atoms with Gasteiger partial charge in [-0.15, -0.1) is 0 Å². The lowest BCUT2D eigenvalue weighted by Gasteiger charge is -2.18. The zero-order valence-corrected chi connectivity index (χ0v) is 10.8. The van der Waals surface area contributed by atoms with Crippen LogP contribution in [-0.2, 0) is 9.53 Å². The second kappa shape index (κ2) is 7.07. The van der Waals surface area contributed by atoms with Crippen molar-refractivity contribution >= 4 is 5.97 Å². The first-order chi connectivity index (χ1) is 8.15. The molecule has 1 unspecified atom stereocenters. The lowest BCUT2D eigenvalue weighted by molar-refractivity contribution is -0.145. The summed E-state index contributed by atoms with van der Waals surface area (Å²) in [5.41, 5.74) is 1.04. The number of hydrogen-bond donors (Lipinski definition) is 0. The van der Waals surface area contributed by atoms with Gasteiger partial charge in [0.05, 0.1) is 12.5 Å². The van der Waals surface area contributed by atoms with Gasteiger partial charge in [0.25, 0.3) is 0 Å². The number of nitrogens with zero attached hydrogens (tertiary/aromatic N) is 1. The van der Waals surface area contributed by atoms with Crippen LogP contribution in [0.15, 0.2) is 30.3 Å². The van der Waals surface area contributed by atoms with Crippen molar-refractivity contribution < 1.29 is 9.53 Å². The molecule has 1 aromatic carbocycles. The highest BCUT2D eigenvalue weighted by atomic mass is 16.5. The molecule has 3 heteroatoms. The average molecular weight is 235 g/mol. The summed E-state index contributed by atoms with van der Waals surface area (Å²) in [5, 5.41) is 0. The van der Waals surface area contributed by atoms with E-state index in [-0.39, 0.29) is 11.9 Å². The molecule has 0 heterocycles. The molecule has 17 heavy (non-hydrogen) atoms. The number of benzene rings is 1. The molecule has 0 amide bonds. The molecular formula is C14H21NO2. The van der Waals surface area contributed by atoms with Gasteiger partial charge in [0.15, 0.2) is 0 Å². The molecule has 0 radical (unpaired) electrons. The van der Waals surface area contributed by atoms with E-state index in [1.54, 1.807) is 0 Å². The summed E-state index contributed by atoms with van der Waals surface area (Å²) in [7, 11) is 4.01. The van der Waals surface area contributed by atoms with Crippen LogP contribution < -0.4 is 0 Å². The van der Waals surface area contributed by atoms with Crippen LogP contribution in [0.5, 0.6) is 0 Å². The Morgan fingerprint density at radius 3 is 2.47 bits per heavy atom. The zero-order valence-electron chi connectivity index (χ0n) is 10.8. The number of carbonyl (C=O) groups excluding carboxylic acids is 1. The Kier molecular flexibility index (Phi) is 5.70. The molecule has 94 valence electrons. The third kappa shape index (κ3) is 4.57. The summed E-state index contributed by atoms with van der Waals surface area (Å²) >= 11 is 0. The monoisotopic (exact) mass is 235 g/mol. The van der Waals surface area contributed by atoms with Crippen LogP contribution in [-0.4, -0.2) is 38.1 Å². The normalized spacial score (nSPS) is 12.5. The van der Waals surface area contributed by atoms with E-state index in [0.29, 0.717) is 6.61 Å². The number of esters is 1. The van der Waals surface area contributed by atoms with Gasteiger partial charge in [-0.2, -0.15) is 0 Å². The van der Waals surface area contributed by atoms with Gasteiger partial charge in [0.2, 0.25) is 0 Å². The first-order valence-corrected chi connectivity index (χ1v) is 6.01. The molecule has 3 nitrogen and oxygen atoms in total. The largest absolute Gasteiger partial charge is 0.466 e. The van der Waals surface area contributed by atoms with E-state index < -0.39 is 0 Å². The van der Waals surface area contributed by atoms with Crippen LogP contribution in [0.3, 0.4) is 0 Å². The third-order valence-electron chi connectivity index (χ3n) is 2.64. The van der Waals surface area contributed by atoms with Crippen LogP contribution >= 0.6 is 0 Å². The van der Waals surface area contributed by atoms with Crippen LogP contribution in [0.4, 0.5) is 0 Å². The lowest BCUT2D eigenvalue weighted by atomic mass is 9.96. The highest BCUT2D eigenvalue weighted by Gasteiger charge is 2.21. The summed E-state index contributed by atoms with van der Waals surface area (Å²) in [6.07, 6.45) is 0.788. The molecule has 1 atom stereocenters. The maximum Gasteiger partial charge on any atom is 0.313 e. The van der Waals surface area contributed by atoms with E-state index in [1.165, 1.54) is 0 Å². The number of hydrogen-bond acceptors (Lipinski definition) is 3. The average Bonchev–Trinajstić information content (AvgIpc) is 2.30. The highest BCUT2D eigenvalue weighted by molar-refractivity contribution is 5.78. The molecule has 1 aromatic rings. The van der Waals surface area contributed by atoms with E-state index in [4.69, 9.17) is 4.74 Å². The van der Waals surface area contributed by atoms with Crippen LogP contribution in [0.2, 0.25) is 0 Å². The molecule has 0 aliphatic rings. The minimum absolute atomic E-state index is 0.124. The number of rotatable bonds is 6. The predicted molar refractivity (Wildman–Crippen MR) is 69.0 cm³/mol. The van der Waals surface area contributed by atoms with Crippen molar-refractivity contribution in [2.24, 2.45) is 0 Å². The van der Waals surface area contributed by atoms with Crippen molar-refractivity contribution in [1.82, 2.24) is 4.90 Å². The van der Waals surface area contributed by atoms with Gasteiger partial charge in [0, 0.05) is 0 Å². The Hall–Kier alpha value is -1.35. The van der Waals surface area contributed by atoms with E-state index in [9.17, 15) is 4.79 Å². The van der Waals surface area contributed by atoms with Crippen molar-refractivity contribution in [3.05, 3.63) is 35.9 Å². The van der Waals surface area contributed by atoms with Gasteiger partial charge in [-0.1, -0.05) is 30.3 Å². The Balaban J connectivity index is 2.75. The van der Waals surface area contributed by atoms with Gasteiger partial charge in [-0.3, -0.25) is 4.79 Å². The molecule has 0 saturated carbocycles. The SMILES string of the molecule is CCOC(=O)C(CCN(C)C)c1ccccc1. The summed E-state index contributed by atoms with van der Waals surface area (Å²) in [4.78, 5) is 14.0. The van der Waals surface area contributed by atoms with Crippen molar-refractivity contribution in [2.45, 2.75) is 19.3 Å². The van der Waals surface area contributed by atoms with Crippen molar-refractivity contribution in [3.63, 3.8) is 0 Å². The number of carbonyl (C=O) groups is 1. The smallest absolute Gasteiger partial charge is 0.313 e. The topological polar surface area (TPSA) is 29.5 Å². The van der Waals surface area contributed by atoms with Crippen molar-refractivity contribution in [1.29, 1.82) is 0 Å². The van der Waals surface area contributed by atoms with Crippen LogP contribution in [0.25, 0.3) is 0 Å². The van der Waals surface area contributed by atoms with E-state index >= 15 is 0 Å². The summed E-state index contributed by atoms with van der Waals surface area (Å²) in [5.74, 6) is -0.279. The fourth-order valence-corrected chi connectivity index (χ4v) is 1.74. The summed E-state index contributed by atoms with van der Waals surface area (Å²) < 4.78 is 5.13. The standard InChI is InChI=1S/C14H21NO2/c1-4-17-14(16)13(10-11-15(2)3)12-8-6-5-7-9-12/h5-9,13H,4,10-11H2,1-3H3. The number of ether oxygens (including phenoxy) is 1. The predicted octanol–water partition coefficient (Wildman–Crippen LogP) is 2.29. The van der Waals surface area contributed by atoms with Crippen molar-refractivity contribution in [3.8, 4) is 0 Å². The second-order valence-corrected chi connectivity index (χ2v) is 4.31. The molecular weight excluding hydrogens is 214 g/mol. The van der Waals surface area contributed by atoms with E-state index in [1.807, 2.05) is 51.4 Å². The second-order valence-electron chi connectivity index (χ2n) is 4.31. The first-order valence-electron chi connectivity index (χ1n) is 6.01. The minimum Gasteiger partial charge on any atom is -0.466 e. The van der Waals surface area contributed by atoms with Gasteiger partial charge < -0.3 is 9.64 Å².